The summed E-state index contributed by atoms with van der Waals surface area (Å²) in [4.78, 5) is 28.2. The summed E-state index contributed by atoms with van der Waals surface area (Å²) in [6, 6.07) is 14.4. The molecule has 36 heavy (non-hydrogen) atoms. The van der Waals surface area contributed by atoms with Crippen molar-refractivity contribution in [1.82, 2.24) is 19.6 Å². The summed E-state index contributed by atoms with van der Waals surface area (Å²) in [5.41, 5.74) is 2.30. The first kappa shape index (κ1) is 25.5. The van der Waals surface area contributed by atoms with Crippen LogP contribution in [0.3, 0.4) is 0 Å². The largest absolute Gasteiger partial charge is 0.492 e. The van der Waals surface area contributed by atoms with Crippen LogP contribution in [0.15, 0.2) is 54.7 Å². The number of hydrogen-bond acceptors (Lipinski definition) is 6. The van der Waals surface area contributed by atoms with Crippen LogP contribution in [0.4, 0.5) is 5.69 Å². The quantitative estimate of drug-likeness (QED) is 0.474. The Labute approximate surface area is 215 Å². The number of hydrogen-bond donors (Lipinski definition) is 1. The molecule has 0 radical (unpaired) electrons. The summed E-state index contributed by atoms with van der Waals surface area (Å²) in [5.74, 6) is 0.973. The minimum Gasteiger partial charge on any atom is -0.492 e. The van der Waals surface area contributed by atoms with Gasteiger partial charge in [-0.25, -0.2) is 0 Å². The molecule has 1 N–H and O–H groups in total. The molecule has 0 atom stereocenters. The first-order chi connectivity index (χ1) is 17.4. The van der Waals surface area contributed by atoms with Crippen molar-refractivity contribution in [3.8, 4) is 22.8 Å². The van der Waals surface area contributed by atoms with Crippen molar-refractivity contribution in [3.05, 3.63) is 59.8 Å². The van der Waals surface area contributed by atoms with E-state index < -0.39 is 0 Å². The van der Waals surface area contributed by atoms with Gasteiger partial charge in [0.15, 0.2) is 6.61 Å². The van der Waals surface area contributed by atoms with Crippen LogP contribution >= 0.6 is 11.6 Å². The highest BCUT2D eigenvalue weighted by atomic mass is 35.5. The number of amides is 2. The molecule has 1 aromatic heterocycles. The Balaban J connectivity index is 1.38. The second kappa shape index (κ2) is 11.9. The van der Waals surface area contributed by atoms with Crippen molar-refractivity contribution in [1.29, 1.82) is 0 Å². The van der Waals surface area contributed by atoms with Crippen LogP contribution in [0.5, 0.6) is 11.5 Å². The molecule has 0 bridgehead atoms. The van der Waals surface area contributed by atoms with Gasteiger partial charge >= 0.3 is 0 Å². The van der Waals surface area contributed by atoms with Gasteiger partial charge in [0.25, 0.3) is 5.91 Å². The Hall–Kier alpha value is -3.56. The lowest BCUT2D eigenvalue weighted by molar-refractivity contribution is -0.130. The summed E-state index contributed by atoms with van der Waals surface area (Å²) < 4.78 is 13.5. The molecule has 0 spiro atoms. The van der Waals surface area contributed by atoms with E-state index in [2.05, 4.69) is 15.3 Å². The molecule has 9 nitrogen and oxygen atoms in total. The number of anilines is 1. The molecule has 2 amide bonds. The summed E-state index contributed by atoms with van der Waals surface area (Å²) >= 11 is 6.09. The van der Waals surface area contributed by atoms with Crippen LogP contribution < -0.4 is 14.8 Å². The maximum Gasteiger partial charge on any atom is 0.262 e. The van der Waals surface area contributed by atoms with Crippen LogP contribution in [-0.4, -0.2) is 77.3 Å². The van der Waals surface area contributed by atoms with Crippen molar-refractivity contribution < 1.29 is 19.1 Å². The van der Waals surface area contributed by atoms with Gasteiger partial charge in [-0.3, -0.25) is 19.2 Å². The zero-order valence-corrected chi connectivity index (χ0v) is 21.2. The average molecular weight is 512 g/mol. The fourth-order valence-corrected chi connectivity index (χ4v) is 4.24. The monoisotopic (exact) mass is 511 g/mol. The second-order valence-electron chi connectivity index (χ2n) is 8.51. The molecule has 1 saturated heterocycles. The van der Waals surface area contributed by atoms with Gasteiger partial charge in [-0.1, -0.05) is 23.7 Å². The van der Waals surface area contributed by atoms with E-state index in [1.54, 1.807) is 48.1 Å². The van der Waals surface area contributed by atoms with E-state index in [1.807, 2.05) is 30.1 Å². The maximum absolute atomic E-state index is 12.5. The number of nitrogens with zero attached hydrogens (tertiary/aromatic N) is 4. The summed E-state index contributed by atoms with van der Waals surface area (Å²) in [7, 11) is 1.86. The molecule has 3 aromatic rings. The average Bonchev–Trinajstić information content (AvgIpc) is 3.30. The first-order valence-corrected chi connectivity index (χ1v) is 12.2. The van der Waals surface area contributed by atoms with Gasteiger partial charge < -0.3 is 19.7 Å². The van der Waals surface area contributed by atoms with E-state index in [4.69, 9.17) is 21.1 Å². The van der Waals surface area contributed by atoms with E-state index in [9.17, 15) is 9.59 Å². The molecule has 1 fully saturated rings. The molecule has 2 heterocycles. The number of halogens is 1. The topological polar surface area (TPSA) is 88.9 Å². The third kappa shape index (κ3) is 6.56. The van der Waals surface area contributed by atoms with E-state index in [-0.39, 0.29) is 18.4 Å². The Kier molecular flexibility index (Phi) is 8.45. The lowest BCUT2D eigenvalue weighted by atomic mass is 10.1. The third-order valence-corrected chi connectivity index (χ3v) is 6.35. The number of para-hydroxylation sites is 1. The number of carbonyl (C=O) groups is 2. The SMILES string of the molecule is CC(=O)N1CCN(CCOc2ccc(NC(=O)COc3ccccc3Cl)cc2-c2ccnn2C)CC1. The van der Waals surface area contributed by atoms with Gasteiger partial charge in [0.1, 0.15) is 18.1 Å². The van der Waals surface area contributed by atoms with E-state index in [1.165, 1.54) is 0 Å². The summed E-state index contributed by atoms with van der Waals surface area (Å²) in [6.45, 7) is 5.85. The summed E-state index contributed by atoms with van der Waals surface area (Å²) in [6.07, 6.45) is 1.72. The molecule has 0 saturated carbocycles. The van der Waals surface area contributed by atoms with Gasteiger partial charge in [0.2, 0.25) is 5.91 Å². The number of ether oxygens (including phenoxy) is 2. The lowest BCUT2D eigenvalue weighted by Crippen LogP contribution is -2.48. The van der Waals surface area contributed by atoms with Crippen molar-refractivity contribution in [2.24, 2.45) is 7.05 Å². The zero-order chi connectivity index (χ0) is 25.5. The minimum atomic E-state index is -0.302. The fraction of sp³-hybridized carbons (Fsp3) is 0.346. The van der Waals surface area contributed by atoms with Gasteiger partial charge in [0.05, 0.1) is 10.7 Å². The highest BCUT2D eigenvalue weighted by molar-refractivity contribution is 6.32. The molecule has 1 aliphatic rings. The van der Waals surface area contributed by atoms with Crippen LogP contribution in [0.2, 0.25) is 5.02 Å². The molecule has 10 heteroatoms. The summed E-state index contributed by atoms with van der Waals surface area (Å²) in [5, 5.41) is 7.59. The Morgan fingerprint density at radius 3 is 2.50 bits per heavy atom. The van der Waals surface area contributed by atoms with Crippen LogP contribution in [0, 0.1) is 0 Å². The minimum absolute atomic E-state index is 0.120. The predicted octanol–water partition coefficient (Wildman–Crippen LogP) is 3.30. The van der Waals surface area contributed by atoms with Crippen molar-refractivity contribution in [2.75, 3.05) is 51.3 Å². The van der Waals surface area contributed by atoms with Crippen molar-refractivity contribution in [2.45, 2.75) is 6.92 Å². The van der Waals surface area contributed by atoms with Crippen molar-refractivity contribution in [3.63, 3.8) is 0 Å². The second-order valence-corrected chi connectivity index (χ2v) is 8.92. The molecular formula is C26H30ClN5O4. The van der Waals surface area contributed by atoms with Crippen LogP contribution in [0.1, 0.15) is 6.92 Å². The Morgan fingerprint density at radius 2 is 1.81 bits per heavy atom. The number of carbonyl (C=O) groups excluding carboxylic acids is 2. The Bertz CT molecular complexity index is 1210. The third-order valence-electron chi connectivity index (χ3n) is 6.04. The number of rotatable bonds is 9. The number of nitrogens with one attached hydrogen (secondary N) is 1. The van der Waals surface area contributed by atoms with Gasteiger partial charge in [-0.15, -0.1) is 0 Å². The number of benzene rings is 2. The van der Waals surface area contributed by atoms with Crippen molar-refractivity contribution >= 4 is 29.1 Å². The highest BCUT2D eigenvalue weighted by Gasteiger charge is 2.19. The van der Waals surface area contributed by atoms with E-state index >= 15 is 0 Å². The predicted molar refractivity (Wildman–Crippen MR) is 138 cm³/mol. The molecule has 2 aromatic carbocycles. The molecule has 1 aliphatic heterocycles. The standard InChI is InChI=1S/C26H30ClN5O4/c1-19(33)32-13-11-31(12-14-32)15-16-35-24-8-7-20(17-21(24)23-9-10-28-30(23)2)29-26(34)18-36-25-6-4-3-5-22(25)27/h3-10,17H,11-16,18H2,1-2H3,(H,29,34). The Morgan fingerprint density at radius 1 is 1.03 bits per heavy atom. The number of aryl methyl sites for hydroxylation is 1. The van der Waals surface area contributed by atoms with Crippen LogP contribution in [-0.2, 0) is 16.6 Å². The first-order valence-electron chi connectivity index (χ1n) is 11.8. The van der Waals surface area contributed by atoms with Gasteiger partial charge in [-0.2, -0.15) is 5.10 Å². The van der Waals surface area contributed by atoms with Crippen LogP contribution in [0.25, 0.3) is 11.3 Å². The maximum atomic E-state index is 12.5. The normalized spacial score (nSPS) is 13.9. The van der Waals surface area contributed by atoms with E-state index in [0.717, 1.165) is 44.0 Å². The smallest absolute Gasteiger partial charge is 0.262 e. The molecule has 0 unspecified atom stereocenters. The van der Waals surface area contributed by atoms with Gasteiger partial charge in [-0.05, 0) is 36.4 Å². The fourth-order valence-electron chi connectivity index (χ4n) is 4.05. The van der Waals surface area contributed by atoms with Gasteiger partial charge in [0, 0.05) is 64.1 Å². The molecule has 0 aliphatic carbocycles. The van der Waals surface area contributed by atoms with E-state index in [0.29, 0.717) is 28.8 Å². The highest BCUT2D eigenvalue weighted by Crippen LogP contribution is 2.32. The molecule has 190 valence electrons. The molecular weight excluding hydrogens is 482 g/mol. The number of aromatic nitrogens is 2. The number of piperazine rings is 1. The zero-order valence-electron chi connectivity index (χ0n) is 20.4. The lowest BCUT2D eigenvalue weighted by Gasteiger charge is -2.34. The molecule has 4 rings (SSSR count).